The van der Waals surface area contributed by atoms with Crippen LogP contribution in [0.3, 0.4) is 0 Å². The predicted molar refractivity (Wildman–Crippen MR) is 71.2 cm³/mol. The number of hydrazone groups is 1. The molecule has 0 unspecified atom stereocenters. The molecule has 5 heteroatoms. The van der Waals surface area contributed by atoms with Crippen LogP contribution in [0, 0.1) is 6.92 Å². The highest BCUT2D eigenvalue weighted by atomic mass is 16.3. The molecule has 1 aromatic heterocycles. The van der Waals surface area contributed by atoms with Crippen LogP contribution in [-0.2, 0) is 0 Å². The third-order valence-corrected chi connectivity index (χ3v) is 2.71. The van der Waals surface area contributed by atoms with Crippen molar-refractivity contribution in [3.05, 3.63) is 53.5 Å². The molecule has 2 aromatic rings. The van der Waals surface area contributed by atoms with E-state index in [9.17, 15) is 9.90 Å². The van der Waals surface area contributed by atoms with Gasteiger partial charge in [0.2, 0.25) is 0 Å². The average Bonchev–Trinajstić information content (AvgIpc) is 2.83. The third kappa shape index (κ3) is 3.01. The molecule has 2 N–H and O–H groups in total. The van der Waals surface area contributed by atoms with E-state index in [4.69, 9.17) is 4.42 Å². The number of nitrogens with zero attached hydrogens (tertiary/aromatic N) is 1. The van der Waals surface area contributed by atoms with Crippen LogP contribution in [0.4, 0.5) is 0 Å². The maximum Gasteiger partial charge on any atom is 0.274 e. The van der Waals surface area contributed by atoms with Gasteiger partial charge in [-0.05, 0) is 49.7 Å². The van der Waals surface area contributed by atoms with Crippen molar-refractivity contribution >= 4 is 11.6 Å². The fourth-order valence-corrected chi connectivity index (χ4v) is 1.58. The third-order valence-electron chi connectivity index (χ3n) is 2.71. The number of nitrogens with one attached hydrogen (secondary N) is 1. The van der Waals surface area contributed by atoms with Crippen molar-refractivity contribution in [2.24, 2.45) is 5.10 Å². The molecule has 0 spiro atoms. The van der Waals surface area contributed by atoms with Gasteiger partial charge in [-0.1, -0.05) is 0 Å². The number of hydrogen-bond acceptors (Lipinski definition) is 4. The molecular formula is C14H14N2O3. The summed E-state index contributed by atoms with van der Waals surface area (Å²) >= 11 is 0. The minimum atomic E-state index is -0.315. The van der Waals surface area contributed by atoms with Gasteiger partial charge in [-0.15, -0.1) is 0 Å². The predicted octanol–water partition coefficient (Wildman–Crippen LogP) is 2.45. The molecule has 0 aliphatic carbocycles. The number of phenols is 1. The van der Waals surface area contributed by atoms with Crippen LogP contribution in [-0.4, -0.2) is 16.7 Å². The lowest BCUT2D eigenvalue weighted by Gasteiger charge is -2.02. The van der Waals surface area contributed by atoms with Gasteiger partial charge in [0.15, 0.2) is 0 Å². The number of aromatic hydroxyl groups is 1. The summed E-state index contributed by atoms with van der Waals surface area (Å²) in [6.45, 7) is 3.49. The highest BCUT2D eigenvalue weighted by Crippen LogP contribution is 2.11. The van der Waals surface area contributed by atoms with Gasteiger partial charge in [-0.2, -0.15) is 5.10 Å². The van der Waals surface area contributed by atoms with Gasteiger partial charge in [-0.25, -0.2) is 5.43 Å². The minimum Gasteiger partial charge on any atom is -0.508 e. The van der Waals surface area contributed by atoms with Gasteiger partial charge in [0.05, 0.1) is 17.5 Å². The Kier molecular flexibility index (Phi) is 3.66. The summed E-state index contributed by atoms with van der Waals surface area (Å²) in [6.07, 6.45) is 1.46. The molecule has 5 nitrogen and oxygen atoms in total. The number of furan rings is 1. The number of hydrogen-bond donors (Lipinski definition) is 2. The SMILES string of the molecule is C/C(=N\NC(=O)c1ccoc1C)c1ccc(O)cc1. The number of carbonyl (C=O) groups is 1. The van der Waals surface area contributed by atoms with Gasteiger partial charge < -0.3 is 9.52 Å². The number of carbonyl (C=O) groups excluding carboxylic acids is 1. The van der Waals surface area contributed by atoms with Crippen molar-refractivity contribution in [1.82, 2.24) is 5.43 Å². The minimum absolute atomic E-state index is 0.189. The normalized spacial score (nSPS) is 11.4. The Morgan fingerprint density at radius 3 is 2.53 bits per heavy atom. The molecule has 2 rings (SSSR count). The van der Waals surface area contributed by atoms with E-state index < -0.39 is 0 Å². The van der Waals surface area contributed by atoms with Gasteiger partial charge in [0, 0.05) is 0 Å². The Bertz CT molecular complexity index is 612. The first kappa shape index (κ1) is 12.9. The van der Waals surface area contributed by atoms with Crippen LogP contribution in [0.2, 0.25) is 0 Å². The van der Waals surface area contributed by atoms with E-state index in [0.717, 1.165) is 5.56 Å². The second-order valence-electron chi connectivity index (χ2n) is 4.08. The van der Waals surface area contributed by atoms with Gasteiger partial charge >= 0.3 is 0 Å². The Hall–Kier alpha value is -2.56. The van der Waals surface area contributed by atoms with E-state index in [-0.39, 0.29) is 11.7 Å². The monoisotopic (exact) mass is 258 g/mol. The van der Waals surface area contributed by atoms with E-state index in [1.165, 1.54) is 6.26 Å². The van der Waals surface area contributed by atoms with Crippen LogP contribution in [0.15, 0.2) is 46.1 Å². The van der Waals surface area contributed by atoms with Crippen LogP contribution < -0.4 is 5.43 Å². The highest BCUT2D eigenvalue weighted by molar-refractivity contribution is 6.01. The van der Waals surface area contributed by atoms with Crippen LogP contribution >= 0.6 is 0 Å². The average molecular weight is 258 g/mol. The van der Waals surface area contributed by atoms with Crippen molar-refractivity contribution < 1.29 is 14.3 Å². The first-order valence-corrected chi connectivity index (χ1v) is 5.76. The van der Waals surface area contributed by atoms with E-state index in [2.05, 4.69) is 10.5 Å². The van der Waals surface area contributed by atoms with Crippen molar-refractivity contribution in [1.29, 1.82) is 0 Å². The standard InChI is InChI=1S/C14H14N2O3/c1-9(11-3-5-12(17)6-4-11)15-16-14(18)13-7-8-19-10(13)2/h3-8,17H,1-2H3,(H,16,18)/b15-9+. The lowest BCUT2D eigenvalue weighted by molar-refractivity contribution is 0.0953. The first-order valence-electron chi connectivity index (χ1n) is 5.76. The second kappa shape index (κ2) is 5.39. The molecule has 1 aromatic carbocycles. The molecule has 0 aliphatic heterocycles. The van der Waals surface area contributed by atoms with Gasteiger partial charge in [0.25, 0.3) is 5.91 Å². The molecule has 0 fully saturated rings. The highest BCUT2D eigenvalue weighted by Gasteiger charge is 2.10. The lowest BCUT2D eigenvalue weighted by atomic mass is 10.1. The van der Waals surface area contributed by atoms with E-state index in [1.54, 1.807) is 44.2 Å². The maximum atomic E-state index is 11.8. The fourth-order valence-electron chi connectivity index (χ4n) is 1.58. The molecule has 0 saturated carbocycles. The topological polar surface area (TPSA) is 74.8 Å². The fraction of sp³-hybridized carbons (Fsp3) is 0.143. The molecule has 98 valence electrons. The number of amides is 1. The van der Waals surface area contributed by atoms with Crippen LogP contribution in [0.5, 0.6) is 5.75 Å². The summed E-state index contributed by atoms with van der Waals surface area (Å²) in [5, 5.41) is 13.2. The molecule has 0 bridgehead atoms. The van der Waals surface area contributed by atoms with E-state index in [1.807, 2.05) is 0 Å². The molecule has 1 heterocycles. The quantitative estimate of drug-likeness (QED) is 0.656. The molecule has 0 saturated heterocycles. The molecule has 0 aliphatic rings. The van der Waals surface area contributed by atoms with Gasteiger partial charge in [-0.3, -0.25) is 4.79 Å². The summed E-state index contributed by atoms with van der Waals surface area (Å²) in [4.78, 5) is 11.8. The zero-order chi connectivity index (χ0) is 13.8. The van der Waals surface area contributed by atoms with Crippen LogP contribution in [0.1, 0.15) is 28.6 Å². The Morgan fingerprint density at radius 2 is 1.95 bits per heavy atom. The maximum absolute atomic E-state index is 11.8. The smallest absolute Gasteiger partial charge is 0.274 e. The molecular weight excluding hydrogens is 244 g/mol. The van der Waals surface area contributed by atoms with E-state index >= 15 is 0 Å². The van der Waals surface area contributed by atoms with Gasteiger partial charge in [0.1, 0.15) is 11.5 Å². The van der Waals surface area contributed by atoms with Crippen molar-refractivity contribution in [2.75, 3.05) is 0 Å². The molecule has 0 atom stereocenters. The largest absolute Gasteiger partial charge is 0.508 e. The van der Waals surface area contributed by atoms with Crippen molar-refractivity contribution in [3.8, 4) is 5.75 Å². The summed E-state index contributed by atoms with van der Waals surface area (Å²) in [6, 6.07) is 8.18. The van der Waals surface area contributed by atoms with E-state index in [0.29, 0.717) is 17.0 Å². The van der Waals surface area contributed by atoms with Crippen molar-refractivity contribution in [2.45, 2.75) is 13.8 Å². The second-order valence-corrected chi connectivity index (χ2v) is 4.08. The lowest BCUT2D eigenvalue weighted by Crippen LogP contribution is -2.19. The zero-order valence-corrected chi connectivity index (χ0v) is 10.7. The Balaban J connectivity index is 2.08. The molecule has 0 radical (unpaired) electrons. The molecule has 1 amide bonds. The van der Waals surface area contributed by atoms with Crippen molar-refractivity contribution in [3.63, 3.8) is 0 Å². The Labute approximate surface area is 110 Å². The molecule has 19 heavy (non-hydrogen) atoms. The summed E-state index contributed by atoms with van der Waals surface area (Å²) in [7, 11) is 0. The first-order chi connectivity index (χ1) is 9.08. The summed E-state index contributed by atoms with van der Waals surface area (Å²) in [5.74, 6) is 0.425. The van der Waals surface area contributed by atoms with Crippen LogP contribution in [0.25, 0.3) is 0 Å². The Morgan fingerprint density at radius 1 is 1.26 bits per heavy atom. The summed E-state index contributed by atoms with van der Waals surface area (Å²) < 4.78 is 5.05. The number of phenolic OH excluding ortho intramolecular Hbond substituents is 1. The zero-order valence-electron chi connectivity index (χ0n) is 10.7. The number of aryl methyl sites for hydroxylation is 1. The number of rotatable bonds is 3. The number of benzene rings is 1. The summed E-state index contributed by atoms with van der Waals surface area (Å²) in [5.41, 5.74) is 4.39.